The first-order valence-electron chi connectivity index (χ1n) is 9.10. The lowest BCUT2D eigenvalue weighted by molar-refractivity contribution is 0.624. The van der Waals surface area contributed by atoms with E-state index in [1.165, 1.54) is 11.6 Å². The highest BCUT2D eigenvalue weighted by atomic mass is 19.1. The molecule has 2 heteroatoms. The van der Waals surface area contributed by atoms with Crippen molar-refractivity contribution in [3.8, 4) is 29.8 Å². The van der Waals surface area contributed by atoms with Crippen molar-refractivity contribution in [3.63, 3.8) is 0 Å². The van der Waals surface area contributed by atoms with Gasteiger partial charge in [0.05, 0.1) is 17.2 Å². The summed E-state index contributed by atoms with van der Waals surface area (Å²) in [4.78, 5) is 0. The average Bonchev–Trinajstić information content (AvgIpc) is 2.73. The van der Waals surface area contributed by atoms with Gasteiger partial charge in [0.15, 0.2) is 0 Å². The van der Waals surface area contributed by atoms with Crippen LogP contribution in [0.4, 0.5) is 4.39 Å². The van der Waals surface area contributed by atoms with Crippen molar-refractivity contribution in [2.24, 2.45) is 0 Å². The maximum absolute atomic E-state index is 14.3. The fourth-order valence-electron chi connectivity index (χ4n) is 2.65. The first kappa shape index (κ1) is 19.0. The lowest BCUT2D eigenvalue weighted by Gasteiger charge is -1.98. The molecule has 0 bridgehead atoms. The van der Waals surface area contributed by atoms with Crippen LogP contribution in [0.15, 0.2) is 66.7 Å². The summed E-state index contributed by atoms with van der Waals surface area (Å²) in [7, 11) is 0. The van der Waals surface area contributed by atoms with Crippen LogP contribution in [0.25, 0.3) is 0 Å². The number of hydrogen-bond acceptors (Lipinski definition) is 1. The molecule has 0 heterocycles. The quantitative estimate of drug-likeness (QED) is 0.556. The van der Waals surface area contributed by atoms with E-state index in [4.69, 9.17) is 5.26 Å². The topological polar surface area (TPSA) is 23.8 Å². The highest BCUT2D eigenvalue weighted by molar-refractivity contribution is 5.49. The molecule has 0 aliphatic heterocycles. The third-order valence-electron chi connectivity index (χ3n) is 4.17. The molecule has 0 fully saturated rings. The SMILES string of the molecule is CCCc1ccc(C#Cc2ccc(C#Cc3ccc(C#N)cc3)cc2F)cc1. The second-order valence-corrected chi connectivity index (χ2v) is 6.33. The first-order chi connectivity index (χ1) is 13.7. The Morgan fingerprint density at radius 1 is 0.714 bits per heavy atom. The Kier molecular flexibility index (Phi) is 6.25. The molecule has 0 saturated heterocycles. The van der Waals surface area contributed by atoms with E-state index in [9.17, 15) is 4.39 Å². The number of benzene rings is 3. The Labute approximate surface area is 165 Å². The highest BCUT2D eigenvalue weighted by Crippen LogP contribution is 2.11. The molecule has 0 atom stereocenters. The maximum Gasteiger partial charge on any atom is 0.140 e. The zero-order valence-electron chi connectivity index (χ0n) is 15.6. The number of nitriles is 1. The summed E-state index contributed by atoms with van der Waals surface area (Å²) in [6.07, 6.45) is 2.16. The van der Waals surface area contributed by atoms with Gasteiger partial charge in [-0.2, -0.15) is 5.26 Å². The lowest BCUT2D eigenvalue weighted by Crippen LogP contribution is -1.87. The Morgan fingerprint density at radius 3 is 1.86 bits per heavy atom. The normalized spacial score (nSPS) is 9.46. The molecular weight excluding hydrogens is 345 g/mol. The predicted octanol–water partition coefficient (Wildman–Crippen LogP) is 5.45. The molecule has 0 N–H and O–H groups in total. The molecule has 0 saturated carbocycles. The van der Waals surface area contributed by atoms with Crippen LogP contribution >= 0.6 is 0 Å². The third-order valence-corrected chi connectivity index (χ3v) is 4.17. The minimum absolute atomic E-state index is 0.349. The molecule has 0 aliphatic carbocycles. The zero-order chi connectivity index (χ0) is 19.8. The average molecular weight is 363 g/mol. The first-order valence-corrected chi connectivity index (χ1v) is 9.10. The van der Waals surface area contributed by atoms with Crippen molar-refractivity contribution in [3.05, 3.63) is 106 Å². The number of nitrogens with zero attached hydrogens (tertiary/aromatic N) is 1. The lowest BCUT2D eigenvalue weighted by atomic mass is 10.1. The summed E-state index contributed by atoms with van der Waals surface area (Å²) in [5, 5.41) is 8.80. The molecule has 0 aromatic heterocycles. The van der Waals surface area contributed by atoms with E-state index in [0.29, 0.717) is 16.7 Å². The van der Waals surface area contributed by atoms with Crippen molar-refractivity contribution >= 4 is 0 Å². The van der Waals surface area contributed by atoms with E-state index in [-0.39, 0.29) is 5.82 Å². The summed E-state index contributed by atoms with van der Waals surface area (Å²) >= 11 is 0. The Bertz CT molecular complexity index is 1130. The van der Waals surface area contributed by atoms with Gasteiger partial charge in [-0.1, -0.05) is 49.2 Å². The molecule has 1 nitrogen and oxygen atoms in total. The Morgan fingerprint density at radius 2 is 1.25 bits per heavy atom. The molecule has 0 aliphatic rings. The molecule has 0 unspecified atom stereocenters. The van der Waals surface area contributed by atoms with Crippen LogP contribution < -0.4 is 0 Å². The molecule has 0 radical (unpaired) electrons. The van der Waals surface area contributed by atoms with Crippen LogP contribution in [-0.4, -0.2) is 0 Å². The predicted molar refractivity (Wildman–Crippen MR) is 110 cm³/mol. The molecule has 3 aromatic rings. The van der Waals surface area contributed by atoms with Crippen molar-refractivity contribution in [1.82, 2.24) is 0 Å². The molecule has 0 spiro atoms. The van der Waals surface area contributed by atoms with Gasteiger partial charge in [-0.15, -0.1) is 0 Å². The minimum atomic E-state index is -0.387. The minimum Gasteiger partial charge on any atom is -0.206 e. The number of aryl methyl sites for hydroxylation is 1. The second kappa shape index (κ2) is 9.23. The van der Waals surface area contributed by atoms with E-state index in [2.05, 4.69) is 48.8 Å². The van der Waals surface area contributed by atoms with E-state index in [0.717, 1.165) is 24.0 Å². The summed E-state index contributed by atoms with van der Waals surface area (Å²) < 4.78 is 14.3. The number of halogens is 1. The van der Waals surface area contributed by atoms with Crippen molar-refractivity contribution < 1.29 is 4.39 Å². The monoisotopic (exact) mass is 363 g/mol. The molecule has 134 valence electrons. The van der Waals surface area contributed by atoms with E-state index >= 15 is 0 Å². The third kappa shape index (κ3) is 5.11. The summed E-state index contributed by atoms with van der Waals surface area (Å²) in [6, 6.07) is 21.9. The summed E-state index contributed by atoms with van der Waals surface area (Å²) in [6.45, 7) is 2.15. The van der Waals surface area contributed by atoms with Gasteiger partial charge < -0.3 is 0 Å². The fraction of sp³-hybridized carbons (Fsp3) is 0.115. The van der Waals surface area contributed by atoms with E-state index in [1.807, 2.05) is 12.1 Å². The van der Waals surface area contributed by atoms with Gasteiger partial charge in [-0.25, -0.2) is 4.39 Å². The van der Waals surface area contributed by atoms with Crippen LogP contribution in [0, 0.1) is 40.8 Å². The van der Waals surface area contributed by atoms with E-state index < -0.39 is 0 Å². The molecule has 3 rings (SSSR count). The van der Waals surface area contributed by atoms with Crippen LogP contribution in [0.5, 0.6) is 0 Å². The van der Waals surface area contributed by atoms with Gasteiger partial charge in [0.2, 0.25) is 0 Å². The van der Waals surface area contributed by atoms with Crippen LogP contribution in [0.2, 0.25) is 0 Å². The van der Waals surface area contributed by atoms with Gasteiger partial charge in [-0.3, -0.25) is 0 Å². The zero-order valence-corrected chi connectivity index (χ0v) is 15.6. The van der Waals surface area contributed by atoms with Crippen LogP contribution in [0.3, 0.4) is 0 Å². The number of hydrogen-bond donors (Lipinski definition) is 0. The molecular formula is C26H18FN. The van der Waals surface area contributed by atoms with Crippen molar-refractivity contribution in [2.75, 3.05) is 0 Å². The summed E-state index contributed by atoms with van der Waals surface area (Å²) in [5.74, 6) is 11.4. The second-order valence-electron chi connectivity index (χ2n) is 6.33. The molecule has 28 heavy (non-hydrogen) atoms. The van der Waals surface area contributed by atoms with Crippen LogP contribution in [-0.2, 0) is 6.42 Å². The van der Waals surface area contributed by atoms with Gasteiger partial charge in [0.25, 0.3) is 0 Å². The van der Waals surface area contributed by atoms with Crippen LogP contribution in [0.1, 0.15) is 46.7 Å². The van der Waals surface area contributed by atoms with Crippen molar-refractivity contribution in [1.29, 1.82) is 5.26 Å². The van der Waals surface area contributed by atoms with E-state index in [1.54, 1.807) is 36.4 Å². The van der Waals surface area contributed by atoms with Gasteiger partial charge >= 0.3 is 0 Å². The smallest absolute Gasteiger partial charge is 0.140 e. The largest absolute Gasteiger partial charge is 0.206 e. The highest BCUT2D eigenvalue weighted by Gasteiger charge is 2.00. The standard InChI is InChI=1S/C26H18FN/c1-2-3-20-4-6-22(7-5-20)14-16-25-17-15-23(18-26(25)27)11-8-21-9-12-24(19-28)13-10-21/h4-7,9-10,12-13,15,17-18H,2-3H2,1H3. The molecule has 0 amide bonds. The van der Waals surface area contributed by atoms with Gasteiger partial charge in [-0.05, 0) is 66.6 Å². The maximum atomic E-state index is 14.3. The summed E-state index contributed by atoms with van der Waals surface area (Å²) in [5.41, 5.74) is 4.43. The molecule has 3 aromatic carbocycles. The Hall–Kier alpha value is -3.80. The number of rotatable bonds is 2. The Balaban J connectivity index is 1.74. The van der Waals surface area contributed by atoms with Gasteiger partial charge in [0, 0.05) is 16.7 Å². The fourth-order valence-corrected chi connectivity index (χ4v) is 2.65. The van der Waals surface area contributed by atoms with Crippen molar-refractivity contribution in [2.45, 2.75) is 19.8 Å². The van der Waals surface area contributed by atoms with Gasteiger partial charge in [0.1, 0.15) is 5.82 Å².